The molecule has 0 unspecified atom stereocenters. The van der Waals surface area contributed by atoms with Crippen LogP contribution in [0.5, 0.6) is 5.75 Å². The first kappa shape index (κ1) is 12.6. The molecule has 2 heteroatoms. The predicted octanol–water partition coefficient (Wildman–Crippen LogP) is 3.96. The Morgan fingerprint density at radius 2 is 1.72 bits per heavy atom. The van der Waals surface area contributed by atoms with Gasteiger partial charge in [-0.1, -0.05) is 45.0 Å². The van der Waals surface area contributed by atoms with Crippen LogP contribution in [0.25, 0.3) is 0 Å². The van der Waals surface area contributed by atoms with E-state index in [1.807, 2.05) is 36.5 Å². The topological polar surface area (TPSA) is 22.1 Å². The Morgan fingerprint density at radius 3 is 2.28 bits per heavy atom. The summed E-state index contributed by atoms with van der Waals surface area (Å²) < 4.78 is 5.68. The highest BCUT2D eigenvalue weighted by Gasteiger charge is 2.14. The van der Waals surface area contributed by atoms with Gasteiger partial charge in [0.25, 0.3) is 0 Å². The molecule has 0 aliphatic heterocycles. The lowest BCUT2D eigenvalue weighted by atomic mass is 9.91. The number of pyridine rings is 1. The fraction of sp³-hybridized carbons (Fsp3) is 0.312. The monoisotopic (exact) mass is 241 g/mol. The van der Waals surface area contributed by atoms with Crippen LogP contribution < -0.4 is 4.74 Å². The summed E-state index contributed by atoms with van der Waals surface area (Å²) in [6, 6.07) is 14.0. The molecule has 1 heterocycles. The number of para-hydroxylation sites is 1. The number of ether oxygens (including phenoxy) is 1. The molecule has 0 spiro atoms. The van der Waals surface area contributed by atoms with Crippen LogP contribution in [0.3, 0.4) is 0 Å². The minimum Gasteiger partial charge on any atom is -0.489 e. The van der Waals surface area contributed by atoms with Crippen LogP contribution in [-0.2, 0) is 12.0 Å². The summed E-state index contributed by atoms with van der Waals surface area (Å²) in [7, 11) is 0. The number of rotatable bonds is 3. The van der Waals surface area contributed by atoms with Crippen LogP contribution in [0.1, 0.15) is 32.0 Å². The average molecular weight is 241 g/mol. The molecule has 2 nitrogen and oxygen atoms in total. The third-order valence-electron chi connectivity index (χ3n) is 2.74. The van der Waals surface area contributed by atoms with E-state index in [-0.39, 0.29) is 5.41 Å². The van der Waals surface area contributed by atoms with E-state index in [1.165, 1.54) is 0 Å². The summed E-state index contributed by atoms with van der Waals surface area (Å²) in [6.45, 7) is 7.04. The van der Waals surface area contributed by atoms with E-state index in [0.717, 1.165) is 17.0 Å². The van der Waals surface area contributed by atoms with Gasteiger partial charge in [0, 0.05) is 22.9 Å². The van der Waals surface area contributed by atoms with Crippen molar-refractivity contribution in [1.82, 2.24) is 4.98 Å². The number of aromatic nitrogens is 1. The second kappa shape index (κ2) is 5.21. The van der Waals surface area contributed by atoms with Crippen molar-refractivity contribution in [3.63, 3.8) is 0 Å². The quantitative estimate of drug-likeness (QED) is 0.811. The van der Waals surface area contributed by atoms with Gasteiger partial charge in [-0.05, 0) is 18.2 Å². The zero-order valence-corrected chi connectivity index (χ0v) is 11.2. The molecule has 2 aromatic rings. The fourth-order valence-electron chi connectivity index (χ4n) is 1.64. The molecule has 18 heavy (non-hydrogen) atoms. The molecule has 0 aliphatic rings. The zero-order chi connectivity index (χ0) is 13.0. The van der Waals surface area contributed by atoms with E-state index >= 15 is 0 Å². The first-order valence-electron chi connectivity index (χ1n) is 6.19. The summed E-state index contributed by atoms with van der Waals surface area (Å²) in [5, 5.41) is 0. The second-order valence-electron chi connectivity index (χ2n) is 5.40. The summed E-state index contributed by atoms with van der Waals surface area (Å²) >= 11 is 0. The summed E-state index contributed by atoms with van der Waals surface area (Å²) in [4.78, 5) is 4.48. The van der Waals surface area contributed by atoms with Crippen LogP contribution in [0.2, 0.25) is 0 Å². The number of benzene rings is 1. The van der Waals surface area contributed by atoms with E-state index in [2.05, 4.69) is 37.9 Å². The number of nitrogens with zero attached hydrogens (tertiary/aromatic N) is 1. The van der Waals surface area contributed by atoms with Crippen molar-refractivity contribution in [3.05, 3.63) is 59.9 Å². The Hall–Kier alpha value is -1.83. The molecule has 0 fully saturated rings. The van der Waals surface area contributed by atoms with Gasteiger partial charge in [-0.2, -0.15) is 0 Å². The van der Waals surface area contributed by atoms with Gasteiger partial charge in [0.05, 0.1) is 0 Å². The van der Waals surface area contributed by atoms with Crippen molar-refractivity contribution in [3.8, 4) is 5.75 Å². The third kappa shape index (κ3) is 3.33. The van der Waals surface area contributed by atoms with Gasteiger partial charge in [-0.15, -0.1) is 0 Å². The molecule has 0 bridgehead atoms. The lowest BCUT2D eigenvalue weighted by Crippen LogP contribution is -2.13. The molecule has 0 amide bonds. The fourth-order valence-corrected chi connectivity index (χ4v) is 1.64. The van der Waals surface area contributed by atoms with Gasteiger partial charge in [-0.25, -0.2) is 0 Å². The Balaban J connectivity index is 1.99. The Bertz CT molecular complexity index is 483. The highest BCUT2D eigenvalue weighted by molar-refractivity contribution is 5.23. The van der Waals surface area contributed by atoms with Crippen molar-refractivity contribution in [2.24, 2.45) is 0 Å². The summed E-state index contributed by atoms with van der Waals surface area (Å²) in [6.07, 6.45) is 1.89. The number of hydrogen-bond acceptors (Lipinski definition) is 2. The minimum atomic E-state index is 0.0960. The van der Waals surface area contributed by atoms with Crippen molar-refractivity contribution >= 4 is 0 Å². The SMILES string of the molecule is CC(C)(C)c1ccc(COc2ccccc2)cn1. The average Bonchev–Trinajstić information content (AvgIpc) is 2.37. The van der Waals surface area contributed by atoms with Gasteiger partial charge < -0.3 is 4.74 Å². The molecule has 0 aliphatic carbocycles. The van der Waals surface area contributed by atoms with E-state index in [0.29, 0.717) is 6.61 Å². The minimum absolute atomic E-state index is 0.0960. The third-order valence-corrected chi connectivity index (χ3v) is 2.74. The van der Waals surface area contributed by atoms with E-state index < -0.39 is 0 Å². The Labute approximate surface area is 109 Å². The molecule has 0 radical (unpaired) electrons. The van der Waals surface area contributed by atoms with E-state index in [1.54, 1.807) is 0 Å². The second-order valence-corrected chi connectivity index (χ2v) is 5.40. The normalized spacial score (nSPS) is 11.3. The van der Waals surface area contributed by atoms with Crippen molar-refractivity contribution in [2.45, 2.75) is 32.8 Å². The van der Waals surface area contributed by atoms with Gasteiger partial charge >= 0.3 is 0 Å². The first-order valence-corrected chi connectivity index (χ1v) is 6.19. The summed E-state index contributed by atoms with van der Waals surface area (Å²) in [5.74, 6) is 0.886. The predicted molar refractivity (Wildman–Crippen MR) is 73.7 cm³/mol. The molecule has 2 rings (SSSR count). The van der Waals surface area contributed by atoms with Crippen molar-refractivity contribution in [1.29, 1.82) is 0 Å². The maximum atomic E-state index is 5.68. The van der Waals surface area contributed by atoms with Crippen LogP contribution in [0, 0.1) is 0 Å². The molecule has 1 aromatic carbocycles. The van der Waals surface area contributed by atoms with E-state index in [9.17, 15) is 0 Å². The lowest BCUT2D eigenvalue weighted by molar-refractivity contribution is 0.305. The van der Waals surface area contributed by atoms with Gasteiger partial charge in [0.2, 0.25) is 0 Å². The highest BCUT2D eigenvalue weighted by Crippen LogP contribution is 2.20. The van der Waals surface area contributed by atoms with Gasteiger partial charge in [0.15, 0.2) is 0 Å². The number of hydrogen-bond donors (Lipinski definition) is 0. The van der Waals surface area contributed by atoms with Crippen LogP contribution in [0.15, 0.2) is 48.7 Å². The van der Waals surface area contributed by atoms with Crippen molar-refractivity contribution in [2.75, 3.05) is 0 Å². The molecule has 0 saturated heterocycles. The molecule has 0 saturated carbocycles. The molecular formula is C16H19NO. The molecule has 0 N–H and O–H groups in total. The van der Waals surface area contributed by atoms with Crippen LogP contribution in [-0.4, -0.2) is 4.98 Å². The lowest BCUT2D eigenvalue weighted by Gasteiger charge is -2.17. The molecule has 0 atom stereocenters. The summed E-state index contributed by atoms with van der Waals surface area (Å²) in [5.41, 5.74) is 2.29. The maximum absolute atomic E-state index is 5.68. The van der Waals surface area contributed by atoms with Crippen LogP contribution >= 0.6 is 0 Å². The van der Waals surface area contributed by atoms with Gasteiger partial charge in [0.1, 0.15) is 12.4 Å². The van der Waals surface area contributed by atoms with Crippen molar-refractivity contribution < 1.29 is 4.74 Å². The highest BCUT2D eigenvalue weighted by atomic mass is 16.5. The Kier molecular flexibility index (Phi) is 3.66. The largest absolute Gasteiger partial charge is 0.489 e. The molecular weight excluding hydrogens is 222 g/mol. The van der Waals surface area contributed by atoms with Gasteiger partial charge in [-0.3, -0.25) is 4.98 Å². The maximum Gasteiger partial charge on any atom is 0.119 e. The smallest absolute Gasteiger partial charge is 0.119 e. The first-order chi connectivity index (χ1) is 8.55. The zero-order valence-electron chi connectivity index (χ0n) is 11.2. The van der Waals surface area contributed by atoms with Crippen LogP contribution in [0.4, 0.5) is 0 Å². The Morgan fingerprint density at radius 1 is 1.00 bits per heavy atom. The molecule has 94 valence electrons. The van der Waals surface area contributed by atoms with E-state index in [4.69, 9.17) is 4.74 Å². The molecule has 1 aromatic heterocycles. The standard InChI is InChI=1S/C16H19NO/c1-16(2,3)15-10-9-13(11-17-15)12-18-14-7-5-4-6-8-14/h4-11H,12H2,1-3H3.